The van der Waals surface area contributed by atoms with E-state index in [4.69, 9.17) is 9.84 Å². The van der Waals surface area contributed by atoms with Crippen LogP contribution in [0.2, 0.25) is 0 Å². The Morgan fingerprint density at radius 2 is 0.586 bits per heavy atom. The fourth-order valence-electron chi connectivity index (χ4n) is 11.9. The van der Waals surface area contributed by atoms with Crippen LogP contribution >= 0.6 is 31.7 Å². The predicted molar refractivity (Wildman–Crippen MR) is 413 cm³/mol. The summed E-state index contributed by atoms with van der Waals surface area (Å²) in [7, 11) is -1.78. The standard InChI is InChI=1S/4C18H15P.C15H14F3NO3.Pd/c4*1-4-10-16(11-5-1)19(17-12-6-2-7-13-17)18-14-8-3-9-15-18;1-2-8-3-9-10-5-19(14(20)21)6-13(10)22-7-11(9)12(4-8)15(16,17)18;/h4*1-15H;2-4,10,13H,1,5-7H2,(H,20,21);. The summed E-state index contributed by atoms with van der Waals surface area (Å²) in [5, 5.41) is 25.8. The molecule has 15 rings (SSSR count). The van der Waals surface area contributed by atoms with Crippen LogP contribution < -0.4 is 63.7 Å². The topological polar surface area (TPSA) is 49.8 Å². The van der Waals surface area contributed by atoms with Crippen LogP contribution in [0, 0.1) is 0 Å². The zero-order valence-electron chi connectivity index (χ0n) is 54.3. The van der Waals surface area contributed by atoms with E-state index in [1.54, 1.807) is 6.07 Å². The fourth-order valence-corrected chi connectivity index (χ4v) is 21.1. The van der Waals surface area contributed by atoms with Crippen LogP contribution in [0.4, 0.5) is 18.0 Å². The molecule has 0 radical (unpaired) electrons. The first-order valence-corrected chi connectivity index (χ1v) is 37.7. The molecular weight excluding hydrogens is 1390 g/mol. The Labute approximate surface area is 599 Å². The van der Waals surface area contributed by atoms with Crippen molar-refractivity contribution in [1.82, 2.24) is 4.90 Å². The van der Waals surface area contributed by atoms with Crippen LogP contribution in [0.5, 0.6) is 0 Å². The number of benzene rings is 13. The normalized spacial score (nSPS) is 13.4. The van der Waals surface area contributed by atoms with Crippen molar-refractivity contribution in [1.29, 1.82) is 0 Å². The second-order valence-corrected chi connectivity index (χ2v) is 31.7. The zero-order valence-corrected chi connectivity index (χ0v) is 59.4. The van der Waals surface area contributed by atoms with Gasteiger partial charge >= 0.3 is 12.3 Å². The van der Waals surface area contributed by atoms with Gasteiger partial charge in [0, 0.05) is 32.9 Å². The van der Waals surface area contributed by atoms with Gasteiger partial charge in [0.05, 0.1) is 24.8 Å². The molecule has 0 spiro atoms. The Hall–Kier alpha value is -9.00. The summed E-state index contributed by atoms with van der Waals surface area (Å²) in [6.07, 6.45) is -4.60. The van der Waals surface area contributed by atoms with Gasteiger partial charge in [-0.3, -0.25) is 0 Å². The van der Waals surface area contributed by atoms with Crippen molar-refractivity contribution in [3.8, 4) is 0 Å². The van der Waals surface area contributed by atoms with Crippen LogP contribution in [0.15, 0.2) is 383 Å². The SMILES string of the molecule is C=Cc1cc2c(c(C(F)(F)F)c1)COC1CN(C(=O)O)CC21.[Pd].c1ccc(P(c2ccccc2)c2ccccc2)cc1.c1ccc(P(c2ccccc2)c2ccccc2)cc1.c1ccc(P(c2ccccc2)c2ccccc2)cc1.c1ccc(P(c2ccccc2)c2ccccc2)cc1. The largest absolute Gasteiger partial charge is 0.465 e. The van der Waals surface area contributed by atoms with Crippen LogP contribution in [0.25, 0.3) is 6.08 Å². The number of rotatable bonds is 13. The molecule has 0 aliphatic carbocycles. The number of hydrogen-bond donors (Lipinski definition) is 1. The van der Waals surface area contributed by atoms with Crippen LogP contribution in [-0.2, 0) is 37.9 Å². The fraction of sp³-hybridized carbons (Fsp3) is 0.0690. The van der Waals surface area contributed by atoms with Crippen LogP contribution in [0.3, 0.4) is 0 Å². The van der Waals surface area contributed by atoms with Crippen molar-refractivity contribution >= 4 is 108 Å². The summed E-state index contributed by atoms with van der Waals surface area (Å²) in [6.45, 7) is 3.70. The van der Waals surface area contributed by atoms with E-state index in [-0.39, 0.29) is 51.6 Å². The van der Waals surface area contributed by atoms with E-state index in [9.17, 15) is 18.0 Å². The molecule has 0 aromatic heterocycles. The first kappa shape index (κ1) is 72.7. The smallest absolute Gasteiger partial charge is 0.416 e. The molecule has 99 heavy (non-hydrogen) atoms. The predicted octanol–water partition coefficient (Wildman–Crippen LogP) is 17.1. The Morgan fingerprint density at radius 1 is 0.374 bits per heavy atom. The third-order valence-electron chi connectivity index (χ3n) is 16.4. The maximum atomic E-state index is 13.2. The van der Waals surface area contributed by atoms with Gasteiger partial charge in [-0.1, -0.05) is 383 Å². The second-order valence-electron chi connectivity index (χ2n) is 22.8. The number of hydrogen-bond acceptors (Lipinski definition) is 2. The van der Waals surface area contributed by atoms with E-state index in [2.05, 4.69) is 371 Å². The zero-order chi connectivity index (χ0) is 67.7. The summed E-state index contributed by atoms with van der Waals surface area (Å²) in [5.41, 5.74) is 0.268. The number of amides is 1. The second kappa shape index (κ2) is 37.3. The molecule has 1 saturated heterocycles. The quantitative estimate of drug-likeness (QED) is 0.0924. The molecule has 1 fully saturated rings. The van der Waals surface area contributed by atoms with E-state index in [0.717, 1.165) is 6.07 Å². The Bertz CT molecular complexity index is 3650. The van der Waals surface area contributed by atoms with Gasteiger partial charge in [0.2, 0.25) is 0 Å². The average Bonchev–Trinajstić information content (AvgIpc) is 1.71. The average molecular weight is 1470 g/mol. The third-order valence-corrected chi connectivity index (χ3v) is 26.2. The molecule has 2 aliphatic heterocycles. The number of likely N-dealkylation sites (tertiary alicyclic amines) is 1. The van der Waals surface area contributed by atoms with E-state index >= 15 is 0 Å². The molecule has 0 saturated carbocycles. The molecule has 13 aromatic rings. The molecule has 2 atom stereocenters. The van der Waals surface area contributed by atoms with Crippen LogP contribution in [0.1, 0.15) is 28.2 Å². The van der Waals surface area contributed by atoms with Gasteiger partial charge in [0.15, 0.2) is 0 Å². The molecule has 496 valence electrons. The summed E-state index contributed by atoms with van der Waals surface area (Å²) in [4.78, 5) is 12.3. The van der Waals surface area contributed by atoms with Crippen molar-refractivity contribution in [2.45, 2.75) is 24.8 Å². The third kappa shape index (κ3) is 19.9. The molecule has 1 N–H and O–H groups in total. The van der Waals surface area contributed by atoms with E-state index in [1.165, 1.54) is 74.6 Å². The first-order chi connectivity index (χ1) is 48.1. The van der Waals surface area contributed by atoms with Crippen molar-refractivity contribution in [3.63, 3.8) is 0 Å². The summed E-state index contributed by atoms with van der Waals surface area (Å²) in [5.74, 6) is -0.374. The van der Waals surface area contributed by atoms with Crippen molar-refractivity contribution in [2.75, 3.05) is 13.1 Å². The number of carbonyl (C=O) groups is 1. The molecule has 4 nitrogen and oxygen atoms in total. The van der Waals surface area contributed by atoms with Gasteiger partial charge < -0.3 is 14.7 Å². The number of alkyl halides is 3. The monoisotopic (exact) mass is 1470 g/mol. The van der Waals surface area contributed by atoms with Gasteiger partial charge in [-0.25, -0.2) is 4.79 Å². The minimum atomic E-state index is -4.48. The molecule has 2 unspecified atom stereocenters. The number of fused-ring (bicyclic) bond motifs is 3. The molecule has 1 amide bonds. The number of ether oxygens (including phenoxy) is 1. The van der Waals surface area contributed by atoms with Gasteiger partial charge in [-0.2, -0.15) is 13.2 Å². The number of nitrogens with zero attached hydrogens (tertiary/aromatic N) is 1. The molecule has 0 bridgehead atoms. The van der Waals surface area contributed by atoms with Crippen molar-refractivity contribution < 1.29 is 48.2 Å². The molecular formula is C87H74F3NO3P4Pd. The van der Waals surface area contributed by atoms with E-state index in [0.29, 0.717) is 11.1 Å². The Morgan fingerprint density at radius 3 is 0.768 bits per heavy atom. The van der Waals surface area contributed by atoms with Gasteiger partial charge in [-0.15, -0.1) is 0 Å². The van der Waals surface area contributed by atoms with E-state index in [1.807, 2.05) is 0 Å². The Balaban J connectivity index is 0.000000134. The summed E-state index contributed by atoms with van der Waals surface area (Å²) < 4.78 is 45.2. The number of halogens is 3. The van der Waals surface area contributed by atoms with Gasteiger partial charge in [0.1, 0.15) is 0 Å². The maximum Gasteiger partial charge on any atom is 0.416 e. The minimum Gasteiger partial charge on any atom is -0.465 e. The molecule has 2 heterocycles. The Kier molecular flexibility index (Phi) is 27.4. The van der Waals surface area contributed by atoms with Gasteiger partial charge in [0.25, 0.3) is 0 Å². The molecule has 2 aliphatic rings. The van der Waals surface area contributed by atoms with Gasteiger partial charge in [-0.05, 0) is 118 Å². The summed E-state index contributed by atoms with van der Waals surface area (Å²) >= 11 is 0. The van der Waals surface area contributed by atoms with Crippen LogP contribution in [-0.4, -0.2) is 35.3 Å². The summed E-state index contributed by atoms with van der Waals surface area (Å²) in [6, 6.07) is 132. The molecule has 13 aromatic carbocycles. The number of carboxylic acid groups (broad SMARTS) is 1. The molecule has 12 heteroatoms. The first-order valence-electron chi connectivity index (χ1n) is 32.4. The minimum absolute atomic E-state index is 0. The maximum absolute atomic E-state index is 13.2. The van der Waals surface area contributed by atoms with Crippen molar-refractivity contribution in [2.24, 2.45) is 0 Å². The van der Waals surface area contributed by atoms with Crippen molar-refractivity contribution in [3.05, 3.63) is 405 Å². The van der Waals surface area contributed by atoms with E-state index < -0.39 is 55.6 Å².